The number of aromatic nitrogens is 2. The van der Waals surface area contributed by atoms with Crippen molar-refractivity contribution in [1.29, 1.82) is 0 Å². The van der Waals surface area contributed by atoms with Gasteiger partial charge in [-0.1, -0.05) is 41.4 Å². The molecule has 1 aliphatic carbocycles. The molecule has 0 radical (unpaired) electrons. The molecule has 1 heterocycles. The molecule has 1 saturated carbocycles. The zero-order valence-electron chi connectivity index (χ0n) is 24.1. The van der Waals surface area contributed by atoms with Crippen molar-refractivity contribution in [3.63, 3.8) is 0 Å². The highest BCUT2D eigenvalue weighted by molar-refractivity contribution is 8.00. The molecule has 1 atom stereocenters. The molecule has 9 heteroatoms. The van der Waals surface area contributed by atoms with Crippen LogP contribution in [0.5, 0.6) is 0 Å². The van der Waals surface area contributed by atoms with Crippen LogP contribution in [-0.2, 0) is 4.79 Å². The highest BCUT2D eigenvalue weighted by Crippen LogP contribution is 2.30. The molecular weight excluding hydrogens is 566 g/mol. The molecule has 1 fully saturated rings. The summed E-state index contributed by atoms with van der Waals surface area (Å²) < 4.78 is 0. The van der Waals surface area contributed by atoms with Crippen molar-refractivity contribution >= 4 is 57.7 Å². The second kappa shape index (κ2) is 13.6. The Bertz CT molecular complexity index is 1540. The largest absolute Gasteiger partial charge is 0.362 e. The van der Waals surface area contributed by atoms with Crippen molar-refractivity contribution in [2.45, 2.75) is 61.3 Å². The van der Waals surface area contributed by atoms with Crippen LogP contribution in [0.15, 0.2) is 77.7 Å². The van der Waals surface area contributed by atoms with Crippen LogP contribution in [-0.4, -0.2) is 53.1 Å². The first-order valence-electron chi connectivity index (χ1n) is 14.3. The van der Waals surface area contributed by atoms with Crippen LogP contribution in [0.3, 0.4) is 0 Å². The second-order valence-electron chi connectivity index (χ2n) is 11.0. The van der Waals surface area contributed by atoms with Crippen LogP contribution in [0.1, 0.15) is 48.0 Å². The molecule has 2 N–H and O–H groups in total. The zero-order valence-corrected chi connectivity index (χ0v) is 25.7. The first-order valence-corrected chi connectivity index (χ1v) is 15.5. The van der Waals surface area contributed by atoms with E-state index < -0.39 is 5.25 Å². The van der Waals surface area contributed by atoms with Gasteiger partial charge in [0, 0.05) is 53.5 Å². The first-order chi connectivity index (χ1) is 20.2. The number of hydrogen-bond acceptors (Lipinski definition) is 7. The molecule has 0 saturated heterocycles. The number of thioether (sulfide) groups is 1. The number of hydrogen-bond donors (Lipinski definition) is 2. The fourth-order valence-corrected chi connectivity index (χ4v) is 6.37. The number of para-hydroxylation sites is 1. The molecular formula is C33H36ClN5O2S. The molecule has 218 valence electrons. The average molecular weight is 602 g/mol. The predicted octanol–water partition coefficient (Wildman–Crippen LogP) is 6.93. The van der Waals surface area contributed by atoms with Gasteiger partial charge in [-0.05, 0) is 81.1 Å². The van der Waals surface area contributed by atoms with Gasteiger partial charge in [-0.2, -0.15) is 4.98 Å². The van der Waals surface area contributed by atoms with Gasteiger partial charge in [0.2, 0.25) is 11.9 Å². The van der Waals surface area contributed by atoms with E-state index in [1.807, 2.05) is 74.4 Å². The maximum absolute atomic E-state index is 13.6. The molecule has 1 amide bonds. The van der Waals surface area contributed by atoms with Crippen molar-refractivity contribution in [3.8, 4) is 0 Å². The molecule has 0 bridgehead atoms. The molecule has 1 aromatic heterocycles. The summed E-state index contributed by atoms with van der Waals surface area (Å²) in [6.45, 7) is 2.03. The van der Waals surface area contributed by atoms with E-state index in [1.165, 1.54) is 11.8 Å². The number of benzene rings is 3. The molecule has 4 aromatic rings. The summed E-state index contributed by atoms with van der Waals surface area (Å²) in [6, 6.07) is 23.2. The number of carbonyl (C=O) groups excluding carboxylic acids is 2. The lowest BCUT2D eigenvalue weighted by atomic mass is 9.91. The van der Waals surface area contributed by atoms with Gasteiger partial charge in [0.1, 0.15) is 5.82 Å². The Morgan fingerprint density at radius 3 is 2.29 bits per heavy atom. The third-order valence-corrected chi connectivity index (χ3v) is 9.00. The van der Waals surface area contributed by atoms with Crippen LogP contribution in [0.2, 0.25) is 5.02 Å². The predicted molar refractivity (Wildman–Crippen MR) is 173 cm³/mol. The Balaban J connectivity index is 1.21. The van der Waals surface area contributed by atoms with E-state index in [-0.39, 0.29) is 30.2 Å². The minimum atomic E-state index is -0.540. The number of Topliss-reactive ketones (excluding diaryl/α,β-unsaturated/α-hetero) is 1. The van der Waals surface area contributed by atoms with Crippen LogP contribution in [0.25, 0.3) is 10.9 Å². The lowest BCUT2D eigenvalue weighted by molar-refractivity contribution is -0.121. The fourth-order valence-electron chi connectivity index (χ4n) is 5.22. The Morgan fingerprint density at radius 1 is 0.929 bits per heavy atom. The van der Waals surface area contributed by atoms with Gasteiger partial charge < -0.3 is 15.5 Å². The normalized spacial score (nSPS) is 17.4. The first kappa shape index (κ1) is 29.9. The molecule has 42 heavy (non-hydrogen) atoms. The van der Waals surface area contributed by atoms with E-state index in [2.05, 4.69) is 10.6 Å². The standard InChI is InChI=1S/C33H36ClN5O2S/c1-21-8-18-26(19-9-21)42-30(20-29(40)22-10-12-23(34)13-11-22)32(41)35-24-14-16-25(17-15-24)36-33-37-28-7-5-4-6-27(28)31(38-33)39(2)3/h4-13,18-19,24-25,30H,14-17,20H2,1-3H3,(H,35,41)(H,36,37,38)/t24-,25+,30?. The average Bonchev–Trinajstić information content (AvgIpc) is 2.98. The van der Waals surface area contributed by atoms with E-state index in [0.717, 1.165) is 52.9 Å². The van der Waals surface area contributed by atoms with Crippen molar-refractivity contribution in [1.82, 2.24) is 15.3 Å². The molecule has 1 unspecified atom stereocenters. The number of amides is 1. The lowest BCUT2D eigenvalue weighted by Gasteiger charge is -2.31. The summed E-state index contributed by atoms with van der Waals surface area (Å²) in [5, 5.41) is 7.84. The maximum Gasteiger partial charge on any atom is 0.234 e. The van der Waals surface area contributed by atoms with Crippen LogP contribution < -0.4 is 15.5 Å². The molecule has 5 rings (SSSR count). The maximum atomic E-state index is 13.6. The number of aryl methyl sites for hydroxylation is 1. The van der Waals surface area contributed by atoms with Gasteiger partial charge >= 0.3 is 0 Å². The Hall–Kier alpha value is -3.62. The van der Waals surface area contributed by atoms with Gasteiger partial charge in [0.05, 0.1) is 10.8 Å². The third-order valence-electron chi connectivity index (χ3n) is 7.54. The van der Waals surface area contributed by atoms with E-state index in [0.29, 0.717) is 16.5 Å². The Kier molecular flexibility index (Phi) is 9.65. The summed E-state index contributed by atoms with van der Waals surface area (Å²) in [7, 11) is 3.97. The number of nitrogens with zero attached hydrogens (tertiary/aromatic N) is 3. The fraction of sp³-hybridized carbons (Fsp3) is 0.333. The highest BCUT2D eigenvalue weighted by Gasteiger charge is 2.29. The number of fused-ring (bicyclic) bond motifs is 1. The van der Waals surface area contributed by atoms with E-state index in [1.54, 1.807) is 24.3 Å². The van der Waals surface area contributed by atoms with Crippen molar-refractivity contribution in [2.24, 2.45) is 0 Å². The summed E-state index contributed by atoms with van der Waals surface area (Å²) in [4.78, 5) is 39.2. The number of carbonyl (C=O) groups is 2. The van der Waals surface area contributed by atoms with E-state index >= 15 is 0 Å². The third kappa shape index (κ3) is 7.61. The second-order valence-corrected chi connectivity index (χ2v) is 12.8. The highest BCUT2D eigenvalue weighted by atomic mass is 35.5. The lowest BCUT2D eigenvalue weighted by Crippen LogP contribution is -2.44. The topological polar surface area (TPSA) is 87.2 Å². The summed E-state index contributed by atoms with van der Waals surface area (Å²) in [5.41, 5.74) is 2.61. The zero-order chi connectivity index (χ0) is 29.6. The minimum absolute atomic E-state index is 0.0529. The van der Waals surface area contributed by atoms with Gasteiger partial charge in [-0.3, -0.25) is 9.59 Å². The number of halogens is 1. The van der Waals surface area contributed by atoms with Crippen LogP contribution in [0, 0.1) is 6.92 Å². The Labute approximate surface area is 256 Å². The van der Waals surface area contributed by atoms with Crippen molar-refractivity contribution < 1.29 is 9.59 Å². The van der Waals surface area contributed by atoms with Crippen molar-refractivity contribution in [3.05, 3.63) is 88.9 Å². The Morgan fingerprint density at radius 2 is 1.60 bits per heavy atom. The number of rotatable bonds is 10. The SMILES string of the molecule is Cc1ccc(SC(CC(=O)c2ccc(Cl)cc2)C(=O)N[C@H]2CC[C@@H](Nc3nc(N(C)C)c4ccccc4n3)CC2)cc1. The summed E-state index contributed by atoms with van der Waals surface area (Å²) in [6.07, 6.45) is 3.56. The van der Waals surface area contributed by atoms with E-state index in [4.69, 9.17) is 21.6 Å². The molecule has 1 aliphatic rings. The van der Waals surface area contributed by atoms with Gasteiger partial charge in [0.15, 0.2) is 5.78 Å². The smallest absolute Gasteiger partial charge is 0.234 e. The molecule has 7 nitrogen and oxygen atoms in total. The minimum Gasteiger partial charge on any atom is -0.362 e. The molecule has 0 aliphatic heterocycles. The van der Waals surface area contributed by atoms with Gasteiger partial charge in [0.25, 0.3) is 0 Å². The van der Waals surface area contributed by atoms with E-state index in [9.17, 15) is 9.59 Å². The number of nitrogens with one attached hydrogen (secondary N) is 2. The summed E-state index contributed by atoms with van der Waals surface area (Å²) >= 11 is 7.44. The molecule has 3 aromatic carbocycles. The van der Waals surface area contributed by atoms with Crippen LogP contribution >= 0.6 is 23.4 Å². The number of ketones is 1. The summed E-state index contributed by atoms with van der Waals surface area (Å²) in [5.74, 6) is 1.33. The molecule has 0 spiro atoms. The van der Waals surface area contributed by atoms with Gasteiger partial charge in [-0.25, -0.2) is 4.98 Å². The van der Waals surface area contributed by atoms with Crippen LogP contribution in [0.4, 0.5) is 11.8 Å². The quantitative estimate of drug-likeness (QED) is 0.150. The van der Waals surface area contributed by atoms with Gasteiger partial charge in [-0.15, -0.1) is 11.8 Å². The van der Waals surface area contributed by atoms with Crippen molar-refractivity contribution in [2.75, 3.05) is 24.3 Å². The number of anilines is 2. The monoisotopic (exact) mass is 601 g/mol.